The predicted octanol–water partition coefficient (Wildman–Crippen LogP) is 4.01. The van der Waals surface area contributed by atoms with Gasteiger partial charge in [0.05, 0.1) is 0 Å². The smallest absolute Gasteiger partial charge is 0.405 e. The number of carbonyl (C=O) groups is 2. The molecular formula is C20H30N2O3. The fraction of sp³-hybridized carbons (Fsp3) is 0.600. The third kappa shape index (κ3) is 6.40. The number of hydrogen-bond acceptors (Lipinski definition) is 2. The summed E-state index contributed by atoms with van der Waals surface area (Å²) in [6.07, 6.45) is 8.90. The van der Waals surface area contributed by atoms with Crippen LogP contribution in [0.25, 0.3) is 0 Å². The molecule has 0 saturated heterocycles. The normalized spacial score (nSPS) is 14.8. The summed E-state index contributed by atoms with van der Waals surface area (Å²) >= 11 is 0. The maximum Gasteiger partial charge on any atom is 0.405 e. The molecule has 1 aromatic rings. The highest BCUT2D eigenvalue weighted by Gasteiger charge is 2.51. The van der Waals surface area contributed by atoms with E-state index in [0.29, 0.717) is 19.4 Å². The maximum absolute atomic E-state index is 12.1. The average molecular weight is 346 g/mol. The number of rotatable bonds is 11. The number of benzene rings is 1. The van der Waals surface area contributed by atoms with E-state index >= 15 is 0 Å². The molecule has 5 nitrogen and oxygen atoms in total. The molecule has 1 aromatic carbocycles. The summed E-state index contributed by atoms with van der Waals surface area (Å²) in [5.41, 5.74) is 1.46. The van der Waals surface area contributed by atoms with Crippen LogP contribution in [0.1, 0.15) is 69.4 Å². The summed E-state index contributed by atoms with van der Waals surface area (Å²) < 4.78 is 0. The number of amides is 2. The fourth-order valence-electron chi connectivity index (χ4n) is 3.02. The predicted molar refractivity (Wildman–Crippen MR) is 98.5 cm³/mol. The van der Waals surface area contributed by atoms with E-state index in [4.69, 9.17) is 5.11 Å². The monoisotopic (exact) mass is 346 g/mol. The lowest BCUT2D eigenvalue weighted by molar-refractivity contribution is -0.124. The van der Waals surface area contributed by atoms with Crippen molar-refractivity contribution < 1.29 is 14.7 Å². The Balaban J connectivity index is 1.68. The van der Waals surface area contributed by atoms with Crippen molar-refractivity contribution in [2.45, 2.75) is 76.8 Å². The highest BCUT2D eigenvalue weighted by atomic mass is 16.4. The van der Waals surface area contributed by atoms with Crippen molar-refractivity contribution in [2.24, 2.45) is 0 Å². The highest BCUT2D eigenvalue weighted by Crippen LogP contribution is 2.35. The third-order valence-electron chi connectivity index (χ3n) is 4.83. The molecule has 5 heteroatoms. The van der Waals surface area contributed by atoms with Gasteiger partial charge in [-0.25, -0.2) is 4.79 Å². The van der Waals surface area contributed by atoms with Crippen molar-refractivity contribution in [1.29, 1.82) is 0 Å². The number of nitrogens with one attached hydrogen (secondary N) is 2. The Labute approximate surface area is 150 Å². The minimum absolute atomic E-state index is 0.231. The largest absolute Gasteiger partial charge is 0.465 e. The number of aryl methyl sites for hydroxylation is 1. The molecule has 0 atom stereocenters. The third-order valence-corrected chi connectivity index (χ3v) is 4.83. The average Bonchev–Trinajstić information content (AvgIpc) is 3.37. The van der Waals surface area contributed by atoms with Crippen LogP contribution in [0.15, 0.2) is 24.3 Å². The number of unbranched alkanes of at least 4 members (excludes halogenated alkanes) is 5. The zero-order valence-corrected chi connectivity index (χ0v) is 15.1. The van der Waals surface area contributed by atoms with Crippen LogP contribution in [0.3, 0.4) is 0 Å². The second-order valence-electron chi connectivity index (χ2n) is 7.03. The second-order valence-corrected chi connectivity index (χ2v) is 7.03. The van der Waals surface area contributed by atoms with Crippen molar-refractivity contribution in [3.8, 4) is 0 Å². The van der Waals surface area contributed by atoms with Crippen molar-refractivity contribution in [3.63, 3.8) is 0 Å². The molecule has 2 amide bonds. The Morgan fingerprint density at radius 1 is 1.00 bits per heavy atom. The molecule has 1 fully saturated rings. The van der Waals surface area contributed by atoms with Gasteiger partial charge in [0.15, 0.2) is 0 Å². The van der Waals surface area contributed by atoms with Gasteiger partial charge in [-0.1, -0.05) is 63.3 Å². The first kappa shape index (κ1) is 19.3. The minimum atomic E-state index is -1.15. The van der Waals surface area contributed by atoms with E-state index in [0.717, 1.165) is 12.0 Å². The Morgan fingerprint density at radius 3 is 2.20 bits per heavy atom. The highest BCUT2D eigenvalue weighted by molar-refractivity contribution is 5.92. The van der Waals surface area contributed by atoms with Gasteiger partial charge in [0, 0.05) is 6.54 Å². The van der Waals surface area contributed by atoms with E-state index in [1.807, 2.05) is 12.1 Å². The van der Waals surface area contributed by atoms with Crippen LogP contribution in [0.4, 0.5) is 4.79 Å². The molecule has 1 aliphatic rings. The number of carboxylic acid groups (broad SMARTS) is 1. The lowest BCUT2D eigenvalue weighted by Crippen LogP contribution is -2.48. The molecule has 0 aliphatic heterocycles. The lowest BCUT2D eigenvalue weighted by atomic mass is 10.0. The van der Waals surface area contributed by atoms with Crippen LogP contribution in [-0.4, -0.2) is 22.6 Å². The first-order valence-electron chi connectivity index (χ1n) is 9.43. The first-order chi connectivity index (χ1) is 12.1. The standard InChI is InChI=1S/C20H30N2O3/c1-2-3-4-5-6-7-8-16-9-11-17(12-10-16)15-21-18(23)20(13-14-20)22-19(24)25/h9-12,22H,2-8,13-15H2,1H3,(H,21,23)(H,24,25). The zero-order chi connectivity index (χ0) is 18.1. The topological polar surface area (TPSA) is 78.4 Å². The maximum atomic E-state index is 12.1. The molecule has 138 valence electrons. The summed E-state index contributed by atoms with van der Waals surface area (Å²) in [4.78, 5) is 22.9. The van der Waals surface area contributed by atoms with Gasteiger partial charge >= 0.3 is 6.09 Å². The van der Waals surface area contributed by atoms with Gasteiger partial charge in [-0.3, -0.25) is 4.79 Å². The van der Waals surface area contributed by atoms with E-state index in [2.05, 4.69) is 29.7 Å². The van der Waals surface area contributed by atoms with Crippen molar-refractivity contribution in [3.05, 3.63) is 35.4 Å². The molecule has 0 bridgehead atoms. The van der Waals surface area contributed by atoms with Crippen molar-refractivity contribution in [1.82, 2.24) is 10.6 Å². The van der Waals surface area contributed by atoms with Crippen LogP contribution in [0, 0.1) is 0 Å². The molecule has 0 radical (unpaired) electrons. The van der Waals surface area contributed by atoms with E-state index < -0.39 is 11.6 Å². The minimum Gasteiger partial charge on any atom is -0.465 e. The van der Waals surface area contributed by atoms with E-state index in [1.165, 1.54) is 44.1 Å². The molecular weight excluding hydrogens is 316 g/mol. The van der Waals surface area contributed by atoms with Gasteiger partial charge in [0.2, 0.25) is 5.91 Å². The summed E-state index contributed by atoms with van der Waals surface area (Å²) in [7, 11) is 0. The van der Waals surface area contributed by atoms with Gasteiger partial charge in [-0.05, 0) is 36.8 Å². The quantitative estimate of drug-likeness (QED) is 0.530. The summed E-state index contributed by atoms with van der Waals surface area (Å²) in [6.45, 7) is 2.66. The van der Waals surface area contributed by atoms with E-state index in [9.17, 15) is 9.59 Å². The van der Waals surface area contributed by atoms with Gasteiger partial charge in [-0.15, -0.1) is 0 Å². The molecule has 0 aromatic heterocycles. The molecule has 1 saturated carbocycles. The van der Waals surface area contributed by atoms with Crippen LogP contribution >= 0.6 is 0 Å². The summed E-state index contributed by atoms with van der Waals surface area (Å²) in [6, 6.07) is 8.32. The van der Waals surface area contributed by atoms with Crippen LogP contribution < -0.4 is 10.6 Å². The Morgan fingerprint density at radius 2 is 1.60 bits per heavy atom. The van der Waals surface area contributed by atoms with Gasteiger partial charge < -0.3 is 15.7 Å². The summed E-state index contributed by atoms with van der Waals surface area (Å²) in [5.74, 6) is -0.231. The van der Waals surface area contributed by atoms with Crippen LogP contribution in [-0.2, 0) is 17.8 Å². The van der Waals surface area contributed by atoms with E-state index in [1.54, 1.807) is 0 Å². The summed E-state index contributed by atoms with van der Waals surface area (Å²) in [5, 5.41) is 13.9. The molecule has 25 heavy (non-hydrogen) atoms. The Kier molecular flexibility index (Phi) is 7.29. The molecule has 3 N–H and O–H groups in total. The lowest BCUT2D eigenvalue weighted by Gasteiger charge is -2.15. The molecule has 0 unspecified atom stereocenters. The molecule has 2 rings (SSSR count). The van der Waals surface area contributed by atoms with Gasteiger partial charge in [0.25, 0.3) is 0 Å². The first-order valence-corrected chi connectivity index (χ1v) is 9.43. The molecule has 0 heterocycles. The van der Waals surface area contributed by atoms with Crippen molar-refractivity contribution >= 4 is 12.0 Å². The van der Waals surface area contributed by atoms with Gasteiger partial charge in [-0.2, -0.15) is 0 Å². The Hall–Kier alpha value is -2.04. The van der Waals surface area contributed by atoms with Crippen LogP contribution in [0.5, 0.6) is 0 Å². The zero-order valence-electron chi connectivity index (χ0n) is 15.1. The Bertz CT molecular complexity index is 565. The van der Waals surface area contributed by atoms with E-state index in [-0.39, 0.29) is 5.91 Å². The molecule has 0 spiro atoms. The fourth-order valence-corrected chi connectivity index (χ4v) is 3.02. The number of hydrogen-bond donors (Lipinski definition) is 3. The number of carbonyl (C=O) groups excluding carboxylic acids is 1. The van der Waals surface area contributed by atoms with Gasteiger partial charge in [0.1, 0.15) is 5.54 Å². The second kappa shape index (κ2) is 9.44. The molecule has 1 aliphatic carbocycles. The van der Waals surface area contributed by atoms with Crippen molar-refractivity contribution in [2.75, 3.05) is 0 Å². The van der Waals surface area contributed by atoms with Crippen LogP contribution in [0.2, 0.25) is 0 Å². The SMILES string of the molecule is CCCCCCCCc1ccc(CNC(=O)C2(NC(=O)O)CC2)cc1.